The van der Waals surface area contributed by atoms with E-state index in [1.54, 1.807) is 0 Å². The molecule has 0 bridgehead atoms. The van der Waals surface area contributed by atoms with Gasteiger partial charge in [-0.1, -0.05) is 0 Å². The molecule has 2 rings (SSSR count). The zero-order valence-electron chi connectivity index (χ0n) is 9.59. The summed E-state index contributed by atoms with van der Waals surface area (Å²) in [5, 5.41) is 9.09. The van der Waals surface area contributed by atoms with Gasteiger partial charge >= 0.3 is 5.97 Å². The second-order valence-electron chi connectivity index (χ2n) is 4.59. The number of carbonyl (C=O) groups is 1. The summed E-state index contributed by atoms with van der Waals surface area (Å²) in [7, 11) is 1.98. The average Bonchev–Trinajstić information content (AvgIpc) is 2.78. The Balaban J connectivity index is 1.96. The molecule has 0 aromatic carbocycles. The van der Waals surface area contributed by atoms with Crippen LogP contribution >= 0.6 is 0 Å². The lowest BCUT2D eigenvalue weighted by Gasteiger charge is -2.36. The maximum Gasteiger partial charge on any atom is 0.310 e. The van der Waals surface area contributed by atoms with E-state index >= 15 is 0 Å². The van der Waals surface area contributed by atoms with E-state index < -0.39 is 11.9 Å². The Labute approximate surface area is 95.3 Å². The van der Waals surface area contributed by atoms with Gasteiger partial charge in [0, 0.05) is 18.7 Å². The number of rotatable bonds is 3. The zero-order chi connectivity index (χ0) is 11.5. The van der Waals surface area contributed by atoms with Gasteiger partial charge in [0.1, 0.15) is 0 Å². The Hall–Kier alpha value is -0.650. The lowest BCUT2D eigenvalue weighted by molar-refractivity contribution is -0.143. The molecule has 2 fully saturated rings. The fraction of sp³-hybridized carbons (Fsp3) is 0.909. The van der Waals surface area contributed by atoms with Crippen molar-refractivity contribution < 1.29 is 19.4 Å². The fourth-order valence-electron chi connectivity index (χ4n) is 2.50. The van der Waals surface area contributed by atoms with Crippen molar-refractivity contribution in [2.45, 2.75) is 24.9 Å². The minimum atomic E-state index is -0.758. The minimum absolute atomic E-state index is 0.0100. The highest BCUT2D eigenvalue weighted by molar-refractivity contribution is 5.71. The van der Waals surface area contributed by atoms with Gasteiger partial charge in [0.05, 0.1) is 25.7 Å². The van der Waals surface area contributed by atoms with E-state index in [0.717, 1.165) is 19.4 Å². The van der Waals surface area contributed by atoms with E-state index in [9.17, 15) is 4.79 Å². The molecular formula is C11H19NO4. The topological polar surface area (TPSA) is 59.0 Å². The molecule has 2 heterocycles. The second-order valence-corrected chi connectivity index (χ2v) is 4.59. The van der Waals surface area contributed by atoms with Gasteiger partial charge in [-0.2, -0.15) is 0 Å². The van der Waals surface area contributed by atoms with Crippen LogP contribution in [0.2, 0.25) is 0 Å². The molecule has 0 aromatic heterocycles. The normalized spacial score (nSPS) is 35.5. The third kappa shape index (κ3) is 2.36. The van der Waals surface area contributed by atoms with Crippen molar-refractivity contribution in [3.05, 3.63) is 0 Å². The fourth-order valence-corrected chi connectivity index (χ4v) is 2.50. The summed E-state index contributed by atoms with van der Waals surface area (Å²) in [4.78, 5) is 13.2. The molecule has 3 unspecified atom stereocenters. The molecule has 1 N–H and O–H groups in total. The summed E-state index contributed by atoms with van der Waals surface area (Å²) in [6.07, 6.45) is 2.14. The molecule has 0 radical (unpaired) electrons. The van der Waals surface area contributed by atoms with Gasteiger partial charge in [-0.3, -0.25) is 9.69 Å². The molecule has 0 aliphatic carbocycles. The van der Waals surface area contributed by atoms with E-state index in [1.165, 1.54) is 0 Å². The van der Waals surface area contributed by atoms with Gasteiger partial charge in [0.2, 0.25) is 0 Å². The van der Waals surface area contributed by atoms with Gasteiger partial charge in [0.15, 0.2) is 0 Å². The van der Waals surface area contributed by atoms with Crippen molar-refractivity contribution in [2.24, 2.45) is 5.92 Å². The lowest BCUT2D eigenvalue weighted by Crippen LogP contribution is -2.49. The van der Waals surface area contributed by atoms with Gasteiger partial charge < -0.3 is 14.6 Å². The van der Waals surface area contributed by atoms with Crippen molar-refractivity contribution in [1.29, 1.82) is 0 Å². The number of carboxylic acid groups (broad SMARTS) is 1. The Kier molecular flexibility index (Phi) is 3.78. The third-order valence-electron chi connectivity index (χ3n) is 3.60. The average molecular weight is 229 g/mol. The highest BCUT2D eigenvalue weighted by Gasteiger charge is 2.39. The number of nitrogens with zero attached hydrogens (tertiary/aromatic N) is 1. The van der Waals surface area contributed by atoms with E-state index in [-0.39, 0.29) is 6.04 Å². The quantitative estimate of drug-likeness (QED) is 0.749. The van der Waals surface area contributed by atoms with Gasteiger partial charge in [-0.15, -0.1) is 0 Å². The first-order chi connectivity index (χ1) is 7.70. The maximum atomic E-state index is 11.1. The smallest absolute Gasteiger partial charge is 0.310 e. The lowest BCUT2D eigenvalue weighted by atomic mass is 9.99. The van der Waals surface area contributed by atoms with Crippen LogP contribution in [0.25, 0.3) is 0 Å². The Morgan fingerprint density at radius 2 is 2.12 bits per heavy atom. The third-order valence-corrected chi connectivity index (χ3v) is 3.60. The van der Waals surface area contributed by atoms with E-state index in [4.69, 9.17) is 14.6 Å². The summed E-state index contributed by atoms with van der Waals surface area (Å²) < 4.78 is 10.7. The van der Waals surface area contributed by atoms with Crippen LogP contribution in [0.5, 0.6) is 0 Å². The number of hydrogen-bond acceptors (Lipinski definition) is 4. The van der Waals surface area contributed by atoms with Crippen molar-refractivity contribution in [3.8, 4) is 0 Å². The molecule has 2 aliphatic heterocycles. The van der Waals surface area contributed by atoms with E-state index in [2.05, 4.69) is 4.90 Å². The monoisotopic (exact) mass is 229 g/mol. The molecule has 5 heteroatoms. The number of carboxylic acids is 1. The van der Waals surface area contributed by atoms with Crippen LogP contribution in [0.3, 0.4) is 0 Å². The standard InChI is InChI=1S/C11H19NO4/c1-12(8-3-2-4-15-5-8)10-7-16-6-9(10)11(13)14/h8-10H,2-7H2,1H3,(H,13,14). The Bertz CT molecular complexity index is 252. The largest absolute Gasteiger partial charge is 0.481 e. The van der Waals surface area contributed by atoms with Gasteiger partial charge in [-0.05, 0) is 19.9 Å². The molecule has 5 nitrogen and oxygen atoms in total. The van der Waals surface area contributed by atoms with Crippen LogP contribution in [-0.4, -0.2) is 61.5 Å². The molecule has 92 valence electrons. The Morgan fingerprint density at radius 1 is 1.31 bits per heavy atom. The molecule has 0 saturated carbocycles. The minimum Gasteiger partial charge on any atom is -0.481 e. The van der Waals surface area contributed by atoms with Crippen LogP contribution in [0.1, 0.15) is 12.8 Å². The van der Waals surface area contributed by atoms with Crippen molar-refractivity contribution >= 4 is 5.97 Å². The summed E-state index contributed by atoms with van der Waals surface area (Å²) in [5.74, 6) is -1.15. The maximum absolute atomic E-state index is 11.1. The first kappa shape index (κ1) is 11.8. The van der Waals surface area contributed by atoms with E-state index in [0.29, 0.717) is 25.9 Å². The second kappa shape index (κ2) is 5.12. The van der Waals surface area contributed by atoms with Crippen LogP contribution < -0.4 is 0 Å². The summed E-state index contributed by atoms with van der Waals surface area (Å²) in [5.41, 5.74) is 0. The molecule has 2 saturated heterocycles. The summed E-state index contributed by atoms with van der Waals surface area (Å²) >= 11 is 0. The predicted octanol–water partition coefficient (Wildman–Crippen LogP) is 0.197. The number of likely N-dealkylation sites (N-methyl/N-ethyl adjacent to an activating group) is 1. The molecule has 0 spiro atoms. The van der Waals surface area contributed by atoms with Crippen molar-refractivity contribution in [1.82, 2.24) is 4.90 Å². The molecule has 2 aliphatic rings. The highest BCUT2D eigenvalue weighted by Crippen LogP contribution is 2.23. The van der Waals surface area contributed by atoms with Crippen molar-refractivity contribution in [3.63, 3.8) is 0 Å². The van der Waals surface area contributed by atoms with Crippen molar-refractivity contribution in [2.75, 3.05) is 33.5 Å². The molecule has 0 aromatic rings. The predicted molar refractivity (Wildman–Crippen MR) is 57.3 cm³/mol. The van der Waals surface area contributed by atoms with Crippen LogP contribution in [0.15, 0.2) is 0 Å². The van der Waals surface area contributed by atoms with Gasteiger partial charge in [-0.25, -0.2) is 0 Å². The first-order valence-electron chi connectivity index (χ1n) is 5.80. The first-order valence-corrected chi connectivity index (χ1v) is 5.80. The number of aliphatic carboxylic acids is 1. The SMILES string of the molecule is CN(C1CCCOC1)C1COCC1C(=O)O. The summed E-state index contributed by atoms with van der Waals surface area (Å²) in [6.45, 7) is 2.38. The van der Waals surface area contributed by atoms with Gasteiger partial charge in [0.25, 0.3) is 0 Å². The molecule has 3 atom stereocenters. The van der Waals surface area contributed by atoms with Crippen LogP contribution in [0, 0.1) is 5.92 Å². The highest BCUT2D eigenvalue weighted by atomic mass is 16.5. The van der Waals surface area contributed by atoms with E-state index in [1.807, 2.05) is 7.05 Å². The van der Waals surface area contributed by atoms with Crippen LogP contribution in [-0.2, 0) is 14.3 Å². The molecule has 16 heavy (non-hydrogen) atoms. The Morgan fingerprint density at radius 3 is 2.75 bits per heavy atom. The number of hydrogen-bond donors (Lipinski definition) is 1. The van der Waals surface area contributed by atoms with Crippen LogP contribution in [0.4, 0.5) is 0 Å². The molecular weight excluding hydrogens is 210 g/mol. The number of ether oxygens (including phenoxy) is 2. The molecule has 0 amide bonds. The summed E-state index contributed by atoms with van der Waals surface area (Å²) in [6, 6.07) is 0.325. The zero-order valence-corrected chi connectivity index (χ0v) is 9.59.